The molecule has 2 aromatic carbocycles. The number of halogens is 1. The maximum atomic E-state index is 13.1. The minimum atomic E-state index is -0.545. The molecule has 0 saturated carbocycles. The quantitative estimate of drug-likeness (QED) is 0.615. The molecule has 1 atom stereocenters. The monoisotopic (exact) mass is 344 g/mol. The van der Waals surface area contributed by atoms with Gasteiger partial charge in [-0.2, -0.15) is 0 Å². The minimum Gasteiger partial charge on any atom is -0.477 e. The largest absolute Gasteiger partial charge is 0.477 e. The molecule has 1 heterocycles. The summed E-state index contributed by atoms with van der Waals surface area (Å²) >= 11 is 0. The second-order valence-electron chi connectivity index (χ2n) is 5.81. The van der Waals surface area contributed by atoms with E-state index in [4.69, 9.17) is 4.74 Å². The Morgan fingerprint density at radius 2 is 1.96 bits per heavy atom. The predicted molar refractivity (Wildman–Crippen MR) is 88.7 cm³/mol. The van der Waals surface area contributed by atoms with Crippen LogP contribution in [0.15, 0.2) is 48.5 Å². The van der Waals surface area contributed by atoms with Gasteiger partial charge in [-0.3, -0.25) is 14.9 Å². The van der Waals surface area contributed by atoms with Crippen molar-refractivity contribution in [3.8, 4) is 5.75 Å². The van der Waals surface area contributed by atoms with E-state index in [1.807, 2.05) is 0 Å². The number of amides is 1. The molecular weight excluding hydrogens is 327 g/mol. The number of carbonyl (C=O) groups excluding carboxylic acids is 1. The first kappa shape index (κ1) is 16.9. The summed E-state index contributed by atoms with van der Waals surface area (Å²) in [6.07, 6.45) is 1.64. The van der Waals surface area contributed by atoms with Crippen LogP contribution in [-0.2, 0) is 4.79 Å². The van der Waals surface area contributed by atoms with Gasteiger partial charge >= 0.3 is 5.69 Å². The lowest BCUT2D eigenvalue weighted by Crippen LogP contribution is -2.34. The Bertz CT molecular complexity index is 779. The van der Waals surface area contributed by atoms with E-state index in [1.54, 1.807) is 23.1 Å². The molecule has 1 fully saturated rings. The first-order chi connectivity index (χ1) is 12.1. The summed E-state index contributed by atoms with van der Waals surface area (Å²) in [6, 6.07) is 11.9. The average molecular weight is 344 g/mol. The molecule has 7 heteroatoms. The normalized spacial score (nSPS) is 16.7. The fourth-order valence-electron chi connectivity index (χ4n) is 3.05. The Labute approximate surface area is 144 Å². The highest BCUT2D eigenvalue weighted by atomic mass is 19.1. The van der Waals surface area contributed by atoms with Crippen LogP contribution in [0.4, 0.5) is 10.1 Å². The molecule has 2 aromatic rings. The van der Waals surface area contributed by atoms with E-state index in [-0.39, 0.29) is 35.8 Å². The maximum absolute atomic E-state index is 13.1. The number of hydrogen-bond acceptors (Lipinski definition) is 4. The van der Waals surface area contributed by atoms with Gasteiger partial charge in [0.1, 0.15) is 5.82 Å². The van der Waals surface area contributed by atoms with E-state index in [0.717, 1.165) is 18.4 Å². The summed E-state index contributed by atoms with van der Waals surface area (Å²) in [4.78, 5) is 24.6. The van der Waals surface area contributed by atoms with Crippen LogP contribution in [0.5, 0.6) is 5.75 Å². The number of carbonyl (C=O) groups is 1. The van der Waals surface area contributed by atoms with Gasteiger partial charge in [0.15, 0.2) is 12.4 Å². The summed E-state index contributed by atoms with van der Waals surface area (Å²) in [5.41, 5.74) is 0.699. The van der Waals surface area contributed by atoms with Crippen molar-refractivity contribution in [3.63, 3.8) is 0 Å². The zero-order valence-corrected chi connectivity index (χ0v) is 13.4. The Balaban J connectivity index is 1.68. The summed E-state index contributed by atoms with van der Waals surface area (Å²) in [5.74, 6) is -0.498. The standard InChI is InChI=1S/C18H17FN2O4/c19-14-9-7-13(8-10-14)15-5-3-11-20(15)18(22)12-25-17-6-2-1-4-16(17)21(23)24/h1-2,4,6-10,15H,3,5,11-12H2. The van der Waals surface area contributed by atoms with Crippen LogP contribution in [0.25, 0.3) is 0 Å². The van der Waals surface area contributed by atoms with Gasteiger partial charge in [0.25, 0.3) is 5.91 Å². The number of hydrogen-bond donors (Lipinski definition) is 0. The summed E-state index contributed by atoms with van der Waals surface area (Å²) in [7, 11) is 0. The van der Waals surface area contributed by atoms with Crippen LogP contribution in [0.3, 0.4) is 0 Å². The number of nitro benzene ring substituents is 1. The van der Waals surface area contributed by atoms with E-state index < -0.39 is 4.92 Å². The van der Waals surface area contributed by atoms with Crippen LogP contribution in [0.2, 0.25) is 0 Å². The fourth-order valence-corrected chi connectivity index (χ4v) is 3.05. The molecule has 0 N–H and O–H groups in total. The predicted octanol–water partition coefficient (Wildman–Crippen LogP) is 3.48. The molecule has 0 aliphatic carbocycles. The lowest BCUT2D eigenvalue weighted by molar-refractivity contribution is -0.385. The summed E-state index contributed by atoms with van der Waals surface area (Å²) in [5, 5.41) is 11.0. The minimum absolute atomic E-state index is 0.0679. The molecule has 1 amide bonds. The maximum Gasteiger partial charge on any atom is 0.310 e. The highest BCUT2D eigenvalue weighted by Gasteiger charge is 2.30. The smallest absolute Gasteiger partial charge is 0.310 e. The first-order valence-electron chi connectivity index (χ1n) is 7.97. The molecule has 1 aliphatic rings. The van der Waals surface area contributed by atoms with Crippen LogP contribution in [0.1, 0.15) is 24.4 Å². The molecule has 130 valence electrons. The van der Waals surface area contributed by atoms with E-state index in [0.29, 0.717) is 6.54 Å². The molecule has 1 unspecified atom stereocenters. The van der Waals surface area contributed by atoms with Gasteiger partial charge in [0.05, 0.1) is 11.0 Å². The van der Waals surface area contributed by atoms with E-state index in [2.05, 4.69) is 0 Å². The van der Waals surface area contributed by atoms with Crippen molar-refractivity contribution in [3.05, 3.63) is 70.0 Å². The molecule has 1 aliphatic heterocycles. The van der Waals surface area contributed by atoms with E-state index >= 15 is 0 Å². The lowest BCUT2D eigenvalue weighted by atomic mass is 10.0. The Kier molecular flexibility index (Phi) is 4.92. The molecule has 0 bridgehead atoms. The van der Waals surface area contributed by atoms with Crippen LogP contribution in [0, 0.1) is 15.9 Å². The van der Waals surface area contributed by atoms with Crippen molar-refractivity contribution in [2.75, 3.05) is 13.2 Å². The molecule has 0 spiro atoms. The lowest BCUT2D eigenvalue weighted by Gasteiger charge is -2.25. The third-order valence-corrected chi connectivity index (χ3v) is 4.24. The molecule has 1 saturated heterocycles. The van der Waals surface area contributed by atoms with Crippen LogP contribution >= 0.6 is 0 Å². The zero-order valence-electron chi connectivity index (χ0n) is 13.4. The third-order valence-electron chi connectivity index (χ3n) is 4.24. The fraction of sp³-hybridized carbons (Fsp3) is 0.278. The first-order valence-corrected chi connectivity index (χ1v) is 7.97. The van der Waals surface area contributed by atoms with E-state index in [9.17, 15) is 19.3 Å². The van der Waals surface area contributed by atoms with Crippen molar-refractivity contribution >= 4 is 11.6 Å². The van der Waals surface area contributed by atoms with Crippen LogP contribution < -0.4 is 4.74 Å². The molecule has 0 aromatic heterocycles. The van der Waals surface area contributed by atoms with Gasteiger partial charge in [0, 0.05) is 12.6 Å². The number of benzene rings is 2. The summed E-state index contributed by atoms with van der Waals surface area (Å²) in [6.45, 7) is 0.309. The highest BCUT2D eigenvalue weighted by Crippen LogP contribution is 2.32. The average Bonchev–Trinajstić information content (AvgIpc) is 3.10. The Hall–Kier alpha value is -2.96. The SMILES string of the molecule is O=C(COc1ccccc1[N+](=O)[O-])N1CCCC1c1ccc(F)cc1. The van der Waals surface area contributed by atoms with E-state index in [1.165, 1.54) is 30.3 Å². The number of ether oxygens (including phenoxy) is 1. The molecule has 6 nitrogen and oxygen atoms in total. The van der Waals surface area contributed by atoms with Gasteiger partial charge in [-0.05, 0) is 36.6 Å². The Morgan fingerprint density at radius 3 is 2.68 bits per heavy atom. The highest BCUT2D eigenvalue weighted by molar-refractivity contribution is 5.78. The third kappa shape index (κ3) is 3.76. The number of likely N-dealkylation sites (tertiary alicyclic amines) is 1. The van der Waals surface area contributed by atoms with Gasteiger partial charge in [-0.15, -0.1) is 0 Å². The van der Waals surface area contributed by atoms with Gasteiger partial charge < -0.3 is 9.64 Å². The number of nitro groups is 1. The zero-order chi connectivity index (χ0) is 17.8. The van der Waals surface area contributed by atoms with Gasteiger partial charge in [-0.1, -0.05) is 24.3 Å². The number of nitrogens with zero attached hydrogens (tertiary/aromatic N) is 2. The van der Waals surface area contributed by atoms with Gasteiger partial charge in [-0.25, -0.2) is 4.39 Å². The summed E-state index contributed by atoms with van der Waals surface area (Å²) < 4.78 is 18.5. The van der Waals surface area contributed by atoms with Crippen molar-refractivity contribution < 1.29 is 18.8 Å². The molecule has 0 radical (unpaired) electrons. The molecule has 25 heavy (non-hydrogen) atoms. The second-order valence-corrected chi connectivity index (χ2v) is 5.81. The number of rotatable bonds is 5. The number of para-hydroxylation sites is 2. The topological polar surface area (TPSA) is 72.7 Å². The second kappa shape index (κ2) is 7.29. The molecular formula is C18H17FN2O4. The molecule has 3 rings (SSSR count). The van der Waals surface area contributed by atoms with Crippen molar-refractivity contribution in [2.24, 2.45) is 0 Å². The van der Waals surface area contributed by atoms with Crippen molar-refractivity contribution in [1.29, 1.82) is 0 Å². The van der Waals surface area contributed by atoms with Crippen molar-refractivity contribution in [2.45, 2.75) is 18.9 Å². The van der Waals surface area contributed by atoms with Crippen molar-refractivity contribution in [1.82, 2.24) is 4.90 Å². The Morgan fingerprint density at radius 1 is 1.24 bits per heavy atom. The van der Waals surface area contributed by atoms with Gasteiger partial charge in [0.2, 0.25) is 0 Å². The van der Waals surface area contributed by atoms with Crippen LogP contribution in [-0.4, -0.2) is 28.9 Å².